The molecule has 1 aromatic heterocycles. The first-order valence-corrected chi connectivity index (χ1v) is 8.04. The molecule has 1 heterocycles. The lowest BCUT2D eigenvalue weighted by molar-refractivity contribution is -0.384. The fraction of sp³-hybridized carbons (Fsp3) is 0.353. The number of benzene rings is 1. The van der Waals surface area contributed by atoms with Crippen molar-refractivity contribution in [3.8, 4) is 5.69 Å². The molecule has 2 rings (SSSR count). The second kappa shape index (κ2) is 8.24. The van der Waals surface area contributed by atoms with Gasteiger partial charge >= 0.3 is 11.9 Å². The van der Waals surface area contributed by atoms with E-state index in [1.54, 1.807) is 32.9 Å². The minimum atomic E-state index is -0.659. The highest BCUT2D eigenvalue weighted by Crippen LogP contribution is 2.26. The first-order valence-electron chi connectivity index (χ1n) is 8.04. The fourth-order valence-electron chi connectivity index (χ4n) is 2.44. The van der Waals surface area contributed by atoms with Gasteiger partial charge in [-0.3, -0.25) is 14.9 Å². The predicted molar refractivity (Wildman–Crippen MR) is 91.2 cm³/mol. The maximum absolute atomic E-state index is 12.2. The van der Waals surface area contributed by atoms with Crippen LogP contribution in [0.4, 0.5) is 5.69 Å². The maximum Gasteiger partial charge on any atom is 0.341 e. The van der Waals surface area contributed by atoms with E-state index in [0.717, 1.165) is 5.56 Å². The van der Waals surface area contributed by atoms with Crippen LogP contribution in [0.1, 0.15) is 35.5 Å². The minimum absolute atomic E-state index is 0.0655. The van der Waals surface area contributed by atoms with Gasteiger partial charge in [0.1, 0.15) is 11.3 Å². The van der Waals surface area contributed by atoms with Gasteiger partial charge in [-0.05, 0) is 32.4 Å². The van der Waals surface area contributed by atoms with Crippen LogP contribution in [0.2, 0.25) is 0 Å². The number of rotatable bonds is 7. The van der Waals surface area contributed by atoms with E-state index in [-0.39, 0.29) is 42.3 Å². The van der Waals surface area contributed by atoms with Crippen LogP contribution >= 0.6 is 0 Å². The standard InChI is InChI=1S/C17H19N3O6/c1-4-25-16(21)9-14-12(17(22)26-5-2)10-18-19(14)15-8-11(3)6-7-13(15)20(23)24/h6-8,10H,4-5,9H2,1-3H3. The fourth-order valence-corrected chi connectivity index (χ4v) is 2.44. The van der Waals surface area contributed by atoms with Gasteiger partial charge in [-0.25, -0.2) is 9.48 Å². The van der Waals surface area contributed by atoms with E-state index in [0.29, 0.717) is 0 Å². The average Bonchev–Trinajstić information content (AvgIpc) is 2.98. The number of nitro groups is 1. The molecule has 0 spiro atoms. The Morgan fingerprint density at radius 2 is 1.92 bits per heavy atom. The molecule has 0 aliphatic carbocycles. The van der Waals surface area contributed by atoms with Crippen molar-refractivity contribution in [2.75, 3.05) is 13.2 Å². The van der Waals surface area contributed by atoms with Gasteiger partial charge in [-0.1, -0.05) is 6.07 Å². The predicted octanol–water partition coefficient (Wildman–Crippen LogP) is 2.37. The summed E-state index contributed by atoms with van der Waals surface area (Å²) in [6.07, 6.45) is 0.964. The van der Waals surface area contributed by atoms with Crippen molar-refractivity contribution in [2.24, 2.45) is 0 Å². The van der Waals surface area contributed by atoms with E-state index in [1.165, 1.54) is 16.9 Å². The van der Waals surface area contributed by atoms with E-state index in [2.05, 4.69) is 5.10 Å². The molecular weight excluding hydrogens is 342 g/mol. The lowest BCUT2D eigenvalue weighted by atomic mass is 10.1. The lowest BCUT2D eigenvalue weighted by Crippen LogP contribution is -2.16. The molecule has 0 amide bonds. The highest BCUT2D eigenvalue weighted by atomic mass is 16.6. The van der Waals surface area contributed by atoms with Crippen LogP contribution < -0.4 is 0 Å². The van der Waals surface area contributed by atoms with Crippen molar-refractivity contribution in [1.29, 1.82) is 0 Å². The van der Waals surface area contributed by atoms with Crippen LogP contribution in [0.25, 0.3) is 5.69 Å². The van der Waals surface area contributed by atoms with Crippen LogP contribution in [-0.4, -0.2) is 39.9 Å². The lowest BCUT2D eigenvalue weighted by Gasteiger charge is -2.10. The molecule has 0 saturated carbocycles. The van der Waals surface area contributed by atoms with E-state index in [4.69, 9.17) is 9.47 Å². The van der Waals surface area contributed by atoms with Gasteiger partial charge in [0, 0.05) is 6.07 Å². The summed E-state index contributed by atoms with van der Waals surface area (Å²) in [6.45, 7) is 5.40. The Bertz CT molecular complexity index is 843. The first-order chi connectivity index (χ1) is 12.4. The number of esters is 2. The van der Waals surface area contributed by atoms with Crippen LogP contribution in [-0.2, 0) is 20.7 Å². The van der Waals surface area contributed by atoms with Crippen molar-refractivity contribution in [3.63, 3.8) is 0 Å². The summed E-state index contributed by atoms with van der Waals surface area (Å²) >= 11 is 0. The Hall–Kier alpha value is -3.23. The highest BCUT2D eigenvalue weighted by molar-refractivity contribution is 5.92. The number of nitro benzene ring substituents is 1. The third-order valence-corrected chi connectivity index (χ3v) is 3.54. The van der Waals surface area contributed by atoms with Gasteiger partial charge in [-0.2, -0.15) is 5.10 Å². The van der Waals surface area contributed by atoms with E-state index < -0.39 is 16.9 Å². The van der Waals surface area contributed by atoms with Crippen LogP contribution in [0, 0.1) is 17.0 Å². The molecule has 9 nitrogen and oxygen atoms in total. The minimum Gasteiger partial charge on any atom is -0.466 e. The van der Waals surface area contributed by atoms with Crippen LogP contribution in [0.3, 0.4) is 0 Å². The summed E-state index contributed by atoms with van der Waals surface area (Å²) in [5, 5.41) is 15.5. The molecule has 0 aliphatic rings. The van der Waals surface area contributed by atoms with E-state index in [9.17, 15) is 19.7 Å². The number of nitrogens with zero attached hydrogens (tertiary/aromatic N) is 3. The smallest absolute Gasteiger partial charge is 0.341 e. The molecule has 0 atom stereocenters. The van der Waals surface area contributed by atoms with Crippen molar-refractivity contribution in [2.45, 2.75) is 27.2 Å². The largest absolute Gasteiger partial charge is 0.466 e. The average molecular weight is 361 g/mol. The number of aryl methyl sites for hydroxylation is 1. The van der Waals surface area contributed by atoms with Gasteiger partial charge in [0.05, 0.1) is 36.4 Å². The molecule has 0 aliphatic heterocycles. The Kier molecular flexibility index (Phi) is 6.05. The molecule has 0 bridgehead atoms. The second-order valence-corrected chi connectivity index (χ2v) is 5.37. The molecule has 9 heteroatoms. The highest BCUT2D eigenvalue weighted by Gasteiger charge is 2.26. The van der Waals surface area contributed by atoms with Crippen LogP contribution in [0.15, 0.2) is 24.4 Å². The maximum atomic E-state index is 12.2. The van der Waals surface area contributed by atoms with Crippen molar-refractivity contribution in [3.05, 3.63) is 51.3 Å². The summed E-state index contributed by atoms with van der Waals surface area (Å²) in [6, 6.07) is 4.52. The molecule has 1 aromatic carbocycles. The molecule has 2 aromatic rings. The number of ether oxygens (including phenoxy) is 2. The molecule has 0 N–H and O–H groups in total. The van der Waals surface area contributed by atoms with Gasteiger partial charge in [0.25, 0.3) is 5.69 Å². The summed E-state index contributed by atoms with van der Waals surface area (Å²) in [5.41, 5.74) is 0.969. The molecule has 0 saturated heterocycles. The first kappa shape index (κ1) is 19.1. The third-order valence-electron chi connectivity index (χ3n) is 3.54. The molecule has 0 unspecified atom stereocenters. The number of aromatic nitrogens is 2. The molecule has 0 fully saturated rings. The van der Waals surface area contributed by atoms with Gasteiger partial charge < -0.3 is 9.47 Å². The van der Waals surface area contributed by atoms with Crippen molar-refractivity contribution < 1.29 is 24.0 Å². The zero-order valence-corrected chi connectivity index (χ0v) is 14.7. The third kappa shape index (κ3) is 4.05. The topological polar surface area (TPSA) is 114 Å². The summed E-state index contributed by atoms with van der Waals surface area (Å²) in [5.74, 6) is -1.23. The van der Waals surface area contributed by atoms with Gasteiger partial charge in [0.15, 0.2) is 0 Å². The SMILES string of the molecule is CCOC(=O)Cc1c(C(=O)OCC)cnn1-c1cc(C)ccc1[N+](=O)[O-]. The van der Waals surface area contributed by atoms with E-state index in [1.807, 2.05) is 0 Å². The molecule has 0 radical (unpaired) electrons. The van der Waals surface area contributed by atoms with Crippen molar-refractivity contribution in [1.82, 2.24) is 9.78 Å². The van der Waals surface area contributed by atoms with Gasteiger partial charge in [-0.15, -0.1) is 0 Å². The summed E-state index contributed by atoms with van der Waals surface area (Å²) < 4.78 is 11.1. The Morgan fingerprint density at radius 1 is 1.23 bits per heavy atom. The molecule has 138 valence electrons. The number of carbonyl (C=O) groups excluding carboxylic acids is 2. The second-order valence-electron chi connectivity index (χ2n) is 5.37. The van der Waals surface area contributed by atoms with Gasteiger partial charge in [0.2, 0.25) is 0 Å². The van der Waals surface area contributed by atoms with Crippen LogP contribution in [0.5, 0.6) is 0 Å². The zero-order valence-electron chi connectivity index (χ0n) is 14.7. The molecule has 26 heavy (non-hydrogen) atoms. The molecular formula is C17H19N3O6. The zero-order chi connectivity index (χ0) is 19.3. The normalized spacial score (nSPS) is 10.4. The Morgan fingerprint density at radius 3 is 2.54 bits per heavy atom. The Labute approximate surface area is 149 Å². The number of carbonyl (C=O) groups is 2. The van der Waals surface area contributed by atoms with E-state index >= 15 is 0 Å². The van der Waals surface area contributed by atoms with Crippen molar-refractivity contribution >= 4 is 17.6 Å². The monoisotopic (exact) mass is 361 g/mol. The number of hydrogen-bond donors (Lipinski definition) is 0. The quantitative estimate of drug-likeness (QED) is 0.422. The summed E-state index contributed by atoms with van der Waals surface area (Å²) in [4.78, 5) is 35.0. The summed E-state index contributed by atoms with van der Waals surface area (Å²) in [7, 11) is 0. The Balaban J connectivity index is 2.62. The number of hydrogen-bond acceptors (Lipinski definition) is 7.